The van der Waals surface area contributed by atoms with Crippen molar-refractivity contribution in [3.8, 4) is 11.1 Å². The number of H-pyrrole nitrogens is 1. The van der Waals surface area contributed by atoms with E-state index in [-0.39, 0.29) is 16.9 Å². The largest absolute Gasteiger partial charge is 0.295 e. The van der Waals surface area contributed by atoms with Gasteiger partial charge in [0, 0.05) is 28.3 Å². The van der Waals surface area contributed by atoms with Crippen LogP contribution in [0.5, 0.6) is 0 Å². The van der Waals surface area contributed by atoms with E-state index < -0.39 is 4.92 Å². The van der Waals surface area contributed by atoms with Gasteiger partial charge in [0.15, 0.2) is 0 Å². The van der Waals surface area contributed by atoms with Gasteiger partial charge < -0.3 is 0 Å². The number of fused-ring (bicyclic) bond motifs is 1. The molecule has 1 aromatic heterocycles. The summed E-state index contributed by atoms with van der Waals surface area (Å²) in [4.78, 5) is 28.6. The van der Waals surface area contributed by atoms with Gasteiger partial charge in [-0.25, -0.2) is 9.67 Å². The lowest BCUT2D eigenvalue weighted by Gasteiger charge is -2.06. The second kappa shape index (κ2) is 8.30. The van der Waals surface area contributed by atoms with Gasteiger partial charge in [-0.1, -0.05) is 36.4 Å². The Morgan fingerprint density at radius 2 is 1.97 bits per heavy atom. The van der Waals surface area contributed by atoms with Crippen LogP contribution in [0, 0.1) is 27.7 Å². The summed E-state index contributed by atoms with van der Waals surface area (Å²) >= 11 is 0.828. The average molecular weight is 429 g/mol. The first-order valence-corrected chi connectivity index (χ1v) is 9.99. The van der Waals surface area contributed by atoms with Crippen molar-refractivity contribution >= 4 is 40.1 Å². The van der Waals surface area contributed by atoms with E-state index in [1.807, 2.05) is 47.9 Å². The fourth-order valence-corrected chi connectivity index (χ4v) is 3.71. The van der Waals surface area contributed by atoms with Crippen LogP contribution in [0.4, 0.5) is 11.4 Å². The number of thiocyanates is 1. The number of benzene rings is 3. The van der Waals surface area contributed by atoms with Gasteiger partial charge >= 0.3 is 0 Å². The van der Waals surface area contributed by atoms with Gasteiger partial charge in [-0.05, 0) is 42.3 Å². The predicted molar refractivity (Wildman–Crippen MR) is 120 cm³/mol. The normalized spacial score (nSPS) is 11.1. The Hall–Kier alpha value is -4.16. The molecule has 0 aliphatic heterocycles. The van der Waals surface area contributed by atoms with Gasteiger partial charge in [-0.2, -0.15) is 5.26 Å². The minimum atomic E-state index is -0.563. The molecule has 1 N–H and O–H groups in total. The minimum absolute atomic E-state index is 0.101. The summed E-state index contributed by atoms with van der Waals surface area (Å²) in [6.07, 6.45) is 1.33. The molecule has 0 saturated heterocycles. The number of thioether (sulfide) groups is 1. The molecule has 0 fully saturated rings. The summed E-state index contributed by atoms with van der Waals surface area (Å²) in [5.41, 5.74) is 1.15. The number of aromatic amines is 1. The molecule has 4 aromatic rings. The number of aryl methyl sites for hydroxylation is 1. The zero-order valence-electron chi connectivity index (χ0n) is 16.3. The first kappa shape index (κ1) is 20.1. The number of hydrogen-bond acceptors (Lipinski definition) is 6. The minimum Gasteiger partial charge on any atom is -0.295 e. The molecule has 0 amide bonds. The Balaban J connectivity index is 1.77. The molecule has 0 bridgehead atoms. The summed E-state index contributed by atoms with van der Waals surface area (Å²) in [6, 6.07) is 17.7. The van der Waals surface area contributed by atoms with Crippen LogP contribution in [-0.4, -0.2) is 20.9 Å². The number of aromatic nitrogens is 2. The van der Waals surface area contributed by atoms with E-state index >= 15 is 0 Å². The number of nitro benzene ring substituents is 1. The summed E-state index contributed by atoms with van der Waals surface area (Å²) in [7, 11) is 0. The van der Waals surface area contributed by atoms with Gasteiger partial charge in [0.1, 0.15) is 11.1 Å². The first-order chi connectivity index (χ1) is 15.0. The van der Waals surface area contributed by atoms with E-state index in [0.29, 0.717) is 21.8 Å². The lowest BCUT2D eigenvalue weighted by molar-refractivity contribution is -0.384. The van der Waals surface area contributed by atoms with Crippen LogP contribution in [-0.2, 0) is 0 Å². The maximum Gasteiger partial charge on any atom is 0.295 e. The highest BCUT2D eigenvalue weighted by molar-refractivity contribution is 8.03. The van der Waals surface area contributed by atoms with Crippen LogP contribution in [0.15, 0.2) is 75.3 Å². The molecule has 0 saturated carbocycles. The maximum absolute atomic E-state index is 13.1. The first-order valence-electron chi connectivity index (χ1n) is 9.18. The zero-order chi connectivity index (χ0) is 22.0. The standard InChI is InChI=1S/C22H15N5O3S/c1-14-18(12-24-19-10-9-16(31-13-23)11-21(19)27(29)30)22(28)26(25-14)20-8-4-6-15-5-2-3-7-17(15)20/h2-12,25H,1H3. The molecule has 0 radical (unpaired) electrons. The van der Waals surface area contributed by atoms with Gasteiger partial charge in [-0.3, -0.25) is 20.0 Å². The molecular formula is C22H15N5O3S. The molecule has 4 rings (SSSR count). The molecule has 0 aliphatic rings. The SMILES string of the molecule is Cc1[nH]n(-c2cccc3ccccc23)c(=O)c1C=Nc1ccc(SC#N)cc1[N+](=O)[O-]. The third kappa shape index (κ3) is 3.84. The molecule has 31 heavy (non-hydrogen) atoms. The van der Waals surface area contributed by atoms with Crippen molar-refractivity contribution in [1.82, 2.24) is 9.78 Å². The van der Waals surface area contributed by atoms with Crippen LogP contribution < -0.4 is 5.56 Å². The molecular weight excluding hydrogens is 414 g/mol. The highest BCUT2D eigenvalue weighted by Crippen LogP contribution is 2.32. The number of rotatable bonds is 5. The number of nitro groups is 1. The smallest absolute Gasteiger partial charge is 0.295 e. The average Bonchev–Trinajstić information content (AvgIpc) is 3.05. The Kier molecular flexibility index (Phi) is 5.39. The Labute approximate surface area is 180 Å². The zero-order valence-corrected chi connectivity index (χ0v) is 17.1. The number of aliphatic imine (C=N–C) groups is 1. The maximum atomic E-state index is 13.1. The van der Waals surface area contributed by atoms with Gasteiger partial charge in [0.25, 0.3) is 11.2 Å². The molecule has 0 unspecified atom stereocenters. The van der Waals surface area contributed by atoms with E-state index in [1.54, 1.807) is 13.0 Å². The molecule has 152 valence electrons. The van der Waals surface area contributed by atoms with Crippen molar-refractivity contribution in [2.75, 3.05) is 0 Å². The third-order valence-electron chi connectivity index (χ3n) is 4.76. The van der Waals surface area contributed by atoms with Crippen LogP contribution in [0.2, 0.25) is 0 Å². The van der Waals surface area contributed by atoms with E-state index in [4.69, 9.17) is 5.26 Å². The van der Waals surface area contributed by atoms with Crippen molar-refractivity contribution < 1.29 is 4.92 Å². The lowest BCUT2D eigenvalue weighted by atomic mass is 10.1. The summed E-state index contributed by atoms with van der Waals surface area (Å²) in [5, 5.41) is 27.0. The van der Waals surface area contributed by atoms with Crippen LogP contribution in [0.1, 0.15) is 11.3 Å². The molecule has 0 aliphatic carbocycles. The highest BCUT2D eigenvalue weighted by Gasteiger charge is 2.16. The quantitative estimate of drug-likeness (QED) is 0.160. The topological polar surface area (TPSA) is 117 Å². The van der Waals surface area contributed by atoms with Crippen LogP contribution >= 0.6 is 11.8 Å². The van der Waals surface area contributed by atoms with Gasteiger partial charge in [-0.15, -0.1) is 0 Å². The predicted octanol–water partition coefficient (Wildman–Crippen LogP) is 4.86. The number of nitrogens with zero attached hydrogens (tertiary/aromatic N) is 4. The van der Waals surface area contributed by atoms with Crippen molar-refractivity contribution in [3.05, 3.63) is 92.4 Å². The second-order valence-corrected chi connectivity index (χ2v) is 7.51. The van der Waals surface area contributed by atoms with Crippen molar-refractivity contribution in [3.63, 3.8) is 0 Å². The fourth-order valence-electron chi connectivity index (χ4n) is 3.29. The van der Waals surface area contributed by atoms with E-state index in [9.17, 15) is 14.9 Å². The molecule has 0 spiro atoms. The monoisotopic (exact) mass is 429 g/mol. The highest BCUT2D eigenvalue weighted by atomic mass is 32.2. The van der Waals surface area contributed by atoms with Crippen molar-refractivity contribution in [1.29, 1.82) is 5.26 Å². The van der Waals surface area contributed by atoms with Crippen LogP contribution in [0.3, 0.4) is 0 Å². The molecule has 3 aromatic carbocycles. The summed E-state index contributed by atoms with van der Waals surface area (Å²) < 4.78 is 1.44. The summed E-state index contributed by atoms with van der Waals surface area (Å²) in [5.74, 6) is 0. The third-order valence-corrected chi connectivity index (χ3v) is 5.35. The number of nitriles is 1. The molecule has 9 heteroatoms. The Morgan fingerprint density at radius 1 is 1.19 bits per heavy atom. The Morgan fingerprint density at radius 3 is 2.74 bits per heavy atom. The molecule has 8 nitrogen and oxygen atoms in total. The fraction of sp³-hybridized carbons (Fsp3) is 0.0455. The molecule has 1 heterocycles. The summed E-state index contributed by atoms with van der Waals surface area (Å²) in [6.45, 7) is 1.74. The molecule has 0 atom stereocenters. The number of nitrogens with one attached hydrogen (secondary N) is 1. The van der Waals surface area contributed by atoms with E-state index in [1.165, 1.54) is 23.0 Å². The number of hydrogen-bond donors (Lipinski definition) is 1. The van der Waals surface area contributed by atoms with Gasteiger partial charge in [0.2, 0.25) is 0 Å². The van der Waals surface area contributed by atoms with E-state index in [0.717, 1.165) is 22.5 Å². The van der Waals surface area contributed by atoms with Gasteiger partial charge in [0.05, 0.1) is 16.2 Å². The van der Waals surface area contributed by atoms with Crippen molar-refractivity contribution in [2.45, 2.75) is 11.8 Å². The van der Waals surface area contributed by atoms with E-state index in [2.05, 4.69) is 10.1 Å². The van der Waals surface area contributed by atoms with Crippen molar-refractivity contribution in [2.24, 2.45) is 4.99 Å². The van der Waals surface area contributed by atoms with Crippen LogP contribution in [0.25, 0.3) is 16.5 Å². The second-order valence-electron chi connectivity index (χ2n) is 6.65. The Bertz CT molecular complexity index is 1440. The lowest BCUT2D eigenvalue weighted by Crippen LogP contribution is -2.17.